The second-order valence-electron chi connectivity index (χ2n) is 4.88. The van der Waals surface area contributed by atoms with Gasteiger partial charge in [0.15, 0.2) is 5.65 Å². The number of benzene rings is 1. The van der Waals surface area contributed by atoms with Crippen molar-refractivity contribution in [3.63, 3.8) is 0 Å². The van der Waals surface area contributed by atoms with Crippen LogP contribution in [0, 0.1) is 0 Å². The number of hydrogen-bond acceptors (Lipinski definition) is 4. The smallest absolute Gasteiger partial charge is 0.249 e. The first-order valence-electron chi connectivity index (χ1n) is 7.11. The molecule has 0 aliphatic carbocycles. The Kier molecular flexibility index (Phi) is 5.74. The van der Waals surface area contributed by atoms with E-state index >= 15 is 0 Å². The van der Waals surface area contributed by atoms with Crippen molar-refractivity contribution in [2.24, 2.45) is 0 Å². The highest BCUT2D eigenvalue weighted by Crippen LogP contribution is 2.32. The molecule has 0 saturated heterocycles. The number of imidazole rings is 1. The minimum atomic E-state index is -0.161. The van der Waals surface area contributed by atoms with E-state index in [0.29, 0.717) is 18.1 Å². The molecule has 5 nitrogen and oxygen atoms in total. The summed E-state index contributed by atoms with van der Waals surface area (Å²) in [6.07, 6.45) is 2.97. The molecule has 2 N–H and O–H groups in total. The number of halogens is 1. The average molecular weight is 352 g/mol. The Bertz CT molecular complexity index is 860. The van der Waals surface area contributed by atoms with Crippen LogP contribution in [-0.2, 0) is 0 Å². The van der Waals surface area contributed by atoms with Gasteiger partial charge in [0, 0.05) is 11.0 Å². The molecule has 0 aliphatic heterocycles. The van der Waals surface area contributed by atoms with Crippen LogP contribution in [0.4, 0.5) is 0 Å². The van der Waals surface area contributed by atoms with E-state index in [-0.39, 0.29) is 18.0 Å². The van der Waals surface area contributed by atoms with Gasteiger partial charge in [0.05, 0.1) is 17.7 Å². The normalized spacial score (nSPS) is 10.5. The summed E-state index contributed by atoms with van der Waals surface area (Å²) in [5, 5.41) is 0. The molecular weight excluding hydrogens is 334 g/mol. The van der Waals surface area contributed by atoms with Gasteiger partial charge in [-0.1, -0.05) is 6.92 Å². The monoisotopic (exact) mass is 351 g/mol. The standard InChI is InChI=1S/C16H17N3O2S.ClH/c1-3-8-21-13-9-10(22-2)4-5-11(13)15-17-12-6-7-14(20)18-16(12)19-15;/h4-7,9H,3,8H2,1-2H3,(H2,17,18,19,20);1H. The number of aromatic amines is 2. The molecule has 2 heterocycles. The molecule has 0 atom stereocenters. The number of hydrogen-bond donors (Lipinski definition) is 2. The first-order chi connectivity index (χ1) is 10.7. The third-order valence-electron chi connectivity index (χ3n) is 3.28. The van der Waals surface area contributed by atoms with Crippen LogP contribution in [0.1, 0.15) is 13.3 Å². The van der Waals surface area contributed by atoms with Crippen molar-refractivity contribution in [3.8, 4) is 17.1 Å². The van der Waals surface area contributed by atoms with Crippen LogP contribution in [-0.4, -0.2) is 27.8 Å². The molecule has 0 saturated carbocycles. The fraction of sp³-hybridized carbons (Fsp3) is 0.250. The highest BCUT2D eigenvalue weighted by atomic mass is 35.5. The summed E-state index contributed by atoms with van der Waals surface area (Å²) in [7, 11) is 0. The molecule has 7 heteroatoms. The van der Waals surface area contributed by atoms with Crippen LogP contribution in [0.25, 0.3) is 22.6 Å². The Labute approximate surface area is 144 Å². The van der Waals surface area contributed by atoms with Gasteiger partial charge in [0.2, 0.25) is 5.56 Å². The molecule has 0 spiro atoms. The average Bonchev–Trinajstić information content (AvgIpc) is 2.95. The molecule has 0 fully saturated rings. The first-order valence-corrected chi connectivity index (χ1v) is 8.34. The molecule has 0 radical (unpaired) electrons. The number of pyridine rings is 1. The molecule has 2 aromatic heterocycles. The van der Waals surface area contributed by atoms with Crippen molar-refractivity contribution >= 4 is 35.3 Å². The summed E-state index contributed by atoms with van der Waals surface area (Å²) < 4.78 is 5.86. The van der Waals surface area contributed by atoms with E-state index in [1.807, 2.05) is 24.5 Å². The number of thioether (sulfide) groups is 1. The molecule has 3 aromatic rings. The molecule has 3 rings (SSSR count). The van der Waals surface area contributed by atoms with Gasteiger partial charge in [-0.25, -0.2) is 4.98 Å². The molecule has 23 heavy (non-hydrogen) atoms. The summed E-state index contributed by atoms with van der Waals surface area (Å²) in [4.78, 5) is 22.9. The maximum Gasteiger partial charge on any atom is 0.249 e. The van der Waals surface area contributed by atoms with E-state index in [2.05, 4.69) is 21.9 Å². The highest BCUT2D eigenvalue weighted by Gasteiger charge is 2.12. The fourth-order valence-corrected chi connectivity index (χ4v) is 2.63. The van der Waals surface area contributed by atoms with E-state index in [1.54, 1.807) is 17.8 Å². The van der Waals surface area contributed by atoms with Crippen LogP contribution in [0.3, 0.4) is 0 Å². The minimum Gasteiger partial charge on any atom is -0.493 e. The Balaban J connectivity index is 0.00000192. The van der Waals surface area contributed by atoms with Crippen molar-refractivity contribution in [1.29, 1.82) is 0 Å². The summed E-state index contributed by atoms with van der Waals surface area (Å²) in [6, 6.07) is 9.26. The van der Waals surface area contributed by atoms with Gasteiger partial charge >= 0.3 is 0 Å². The van der Waals surface area contributed by atoms with Gasteiger partial charge < -0.3 is 14.7 Å². The van der Waals surface area contributed by atoms with E-state index in [1.165, 1.54) is 6.07 Å². The Morgan fingerprint density at radius 1 is 1.22 bits per heavy atom. The van der Waals surface area contributed by atoms with Gasteiger partial charge in [-0.05, 0) is 36.9 Å². The summed E-state index contributed by atoms with van der Waals surface area (Å²) in [5.41, 5.74) is 2.08. The maximum atomic E-state index is 11.4. The van der Waals surface area contributed by atoms with Gasteiger partial charge in [-0.15, -0.1) is 24.2 Å². The largest absolute Gasteiger partial charge is 0.493 e. The molecule has 0 unspecified atom stereocenters. The Hall–Kier alpha value is -1.92. The maximum absolute atomic E-state index is 11.4. The van der Waals surface area contributed by atoms with Gasteiger partial charge in [0.1, 0.15) is 11.6 Å². The molecule has 1 aromatic carbocycles. The minimum absolute atomic E-state index is 0. The van der Waals surface area contributed by atoms with Crippen LogP contribution in [0.15, 0.2) is 40.0 Å². The van der Waals surface area contributed by atoms with Gasteiger partial charge in [0.25, 0.3) is 0 Å². The zero-order chi connectivity index (χ0) is 15.5. The number of ether oxygens (including phenoxy) is 1. The quantitative estimate of drug-likeness (QED) is 0.685. The molecule has 0 aliphatic rings. The van der Waals surface area contributed by atoms with Gasteiger partial charge in [-0.3, -0.25) is 4.79 Å². The lowest BCUT2D eigenvalue weighted by atomic mass is 10.2. The SMILES string of the molecule is CCCOc1cc(SC)ccc1-c1nc2[nH]c(=O)ccc2[nH]1.Cl. The van der Waals surface area contributed by atoms with E-state index in [0.717, 1.165) is 28.1 Å². The Morgan fingerprint density at radius 2 is 2.04 bits per heavy atom. The lowest BCUT2D eigenvalue weighted by molar-refractivity contribution is 0.318. The Morgan fingerprint density at radius 3 is 2.78 bits per heavy atom. The number of aromatic nitrogens is 3. The predicted molar refractivity (Wildman–Crippen MR) is 97.0 cm³/mol. The van der Waals surface area contributed by atoms with E-state index in [9.17, 15) is 4.79 Å². The summed E-state index contributed by atoms with van der Waals surface area (Å²) >= 11 is 1.67. The number of nitrogens with zero attached hydrogens (tertiary/aromatic N) is 1. The number of H-pyrrole nitrogens is 2. The zero-order valence-corrected chi connectivity index (χ0v) is 14.5. The highest BCUT2D eigenvalue weighted by molar-refractivity contribution is 7.98. The molecule has 0 amide bonds. The number of rotatable bonds is 5. The van der Waals surface area contributed by atoms with Crippen LogP contribution in [0.2, 0.25) is 0 Å². The lowest BCUT2D eigenvalue weighted by Gasteiger charge is -2.10. The number of nitrogens with one attached hydrogen (secondary N) is 2. The van der Waals surface area contributed by atoms with Crippen LogP contribution < -0.4 is 10.3 Å². The topological polar surface area (TPSA) is 70.8 Å². The molecule has 0 bridgehead atoms. The zero-order valence-electron chi connectivity index (χ0n) is 12.9. The second kappa shape index (κ2) is 7.57. The second-order valence-corrected chi connectivity index (χ2v) is 5.76. The van der Waals surface area contributed by atoms with Crippen molar-refractivity contribution in [2.75, 3.05) is 12.9 Å². The van der Waals surface area contributed by atoms with Gasteiger partial charge in [-0.2, -0.15) is 0 Å². The molecule has 122 valence electrons. The summed E-state index contributed by atoms with van der Waals surface area (Å²) in [6.45, 7) is 2.73. The third kappa shape index (κ3) is 3.71. The fourth-order valence-electron chi connectivity index (χ4n) is 2.20. The van der Waals surface area contributed by atoms with E-state index in [4.69, 9.17) is 4.74 Å². The van der Waals surface area contributed by atoms with Crippen LogP contribution in [0.5, 0.6) is 5.75 Å². The first kappa shape index (κ1) is 17.4. The van der Waals surface area contributed by atoms with Crippen molar-refractivity contribution in [1.82, 2.24) is 15.0 Å². The van der Waals surface area contributed by atoms with Crippen molar-refractivity contribution < 1.29 is 4.74 Å². The summed E-state index contributed by atoms with van der Waals surface area (Å²) in [5.74, 6) is 1.49. The van der Waals surface area contributed by atoms with Crippen molar-refractivity contribution in [3.05, 3.63) is 40.7 Å². The molecular formula is C16H18ClN3O2S. The lowest BCUT2D eigenvalue weighted by Crippen LogP contribution is -2.01. The van der Waals surface area contributed by atoms with E-state index < -0.39 is 0 Å². The number of fused-ring (bicyclic) bond motifs is 1. The van der Waals surface area contributed by atoms with Crippen molar-refractivity contribution in [2.45, 2.75) is 18.2 Å². The van der Waals surface area contributed by atoms with Crippen LogP contribution >= 0.6 is 24.2 Å². The third-order valence-corrected chi connectivity index (χ3v) is 4.01. The predicted octanol–water partition coefficient (Wildman–Crippen LogP) is 3.85.